The van der Waals surface area contributed by atoms with Gasteiger partial charge in [-0.1, -0.05) is 65.4 Å². The van der Waals surface area contributed by atoms with Crippen molar-refractivity contribution in [1.82, 2.24) is 14.0 Å². The van der Waals surface area contributed by atoms with Crippen LogP contribution in [0.25, 0.3) is 0 Å². The van der Waals surface area contributed by atoms with Gasteiger partial charge in [-0.15, -0.1) is 0 Å². The number of carbonyl (C=O) groups excluding carboxylic acids is 2. The molecule has 39 heavy (non-hydrogen) atoms. The lowest BCUT2D eigenvalue weighted by atomic mass is 10.1. The summed E-state index contributed by atoms with van der Waals surface area (Å²) in [6, 6.07) is 15.3. The molecule has 0 aliphatic carbocycles. The molecule has 0 radical (unpaired) electrons. The number of aromatic nitrogens is 2. The van der Waals surface area contributed by atoms with Crippen LogP contribution >= 0.6 is 11.6 Å². The van der Waals surface area contributed by atoms with Gasteiger partial charge in [-0.05, 0) is 36.6 Å². The first-order valence-corrected chi connectivity index (χ1v) is 12.9. The van der Waals surface area contributed by atoms with E-state index in [2.05, 4.69) is 17.2 Å². The molecular weight excluding hydrogens is 520 g/mol. The Bertz CT molecular complexity index is 1560. The average Bonchev–Trinajstić information content (AvgIpc) is 2.93. The molecule has 10 heteroatoms. The topological polar surface area (TPSA) is 103 Å². The average molecular weight is 549 g/mol. The number of benzene rings is 2. The van der Waals surface area contributed by atoms with Crippen molar-refractivity contribution in [1.29, 1.82) is 0 Å². The fourth-order valence-electron chi connectivity index (χ4n) is 4.11. The molecule has 3 aromatic rings. The summed E-state index contributed by atoms with van der Waals surface area (Å²) in [4.78, 5) is 51.8. The summed E-state index contributed by atoms with van der Waals surface area (Å²) in [7, 11) is 1.32. The van der Waals surface area contributed by atoms with E-state index in [1.165, 1.54) is 7.05 Å². The van der Waals surface area contributed by atoms with Gasteiger partial charge in [0.1, 0.15) is 17.4 Å². The van der Waals surface area contributed by atoms with Gasteiger partial charge >= 0.3 is 5.69 Å². The second-order valence-corrected chi connectivity index (χ2v) is 9.66. The van der Waals surface area contributed by atoms with Crippen LogP contribution in [0.3, 0.4) is 0 Å². The first-order chi connectivity index (χ1) is 18.7. The van der Waals surface area contributed by atoms with E-state index in [0.717, 1.165) is 25.8 Å². The van der Waals surface area contributed by atoms with Gasteiger partial charge in [-0.25, -0.2) is 4.79 Å². The molecule has 1 N–H and O–H groups in total. The van der Waals surface area contributed by atoms with Crippen LogP contribution in [0.1, 0.15) is 28.7 Å². The summed E-state index contributed by atoms with van der Waals surface area (Å²) < 4.78 is 7.20. The van der Waals surface area contributed by atoms with Crippen molar-refractivity contribution in [3.63, 3.8) is 0 Å². The van der Waals surface area contributed by atoms with Crippen molar-refractivity contribution in [3.8, 4) is 11.8 Å². The zero-order valence-corrected chi connectivity index (χ0v) is 22.6. The maximum atomic E-state index is 12.7. The molecule has 0 bridgehead atoms. The van der Waals surface area contributed by atoms with Crippen LogP contribution in [0, 0.1) is 18.8 Å². The molecule has 1 aliphatic heterocycles. The van der Waals surface area contributed by atoms with Crippen LogP contribution in [0.4, 0.5) is 5.69 Å². The molecule has 9 nitrogen and oxygen atoms in total. The number of morpholine rings is 1. The van der Waals surface area contributed by atoms with Crippen LogP contribution in [0.5, 0.6) is 0 Å². The Kier molecular flexibility index (Phi) is 9.02. The molecule has 202 valence electrons. The van der Waals surface area contributed by atoms with Gasteiger partial charge in [0.2, 0.25) is 11.8 Å². The van der Waals surface area contributed by atoms with E-state index >= 15 is 0 Å². The Hall–Kier alpha value is -4.13. The molecule has 0 saturated carbocycles. The third kappa shape index (κ3) is 7.05. The summed E-state index contributed by atoms with van der Waals surface area (Å²) in [6.07, 6.45) is 0.641. The van der Waals surface area contributed by atoms with E-state index in [4.69, 9.17) is 16.3 Å². The number of nitrogens with one attached hydrogen (secondary N) is 1. The van der Waals surface area contributed by atoms with Gasteiger partial charge in [0.15, 0.2) is 0 Å². The van der Waals surface area contributed by atoms with Crippen LogP contribution in [0.15, 0.2) is 58.1 Å². The summed E-state index contributed by atoms with van der Waals surface area (Å²) in [5.41, 5.74) is 2.25. The zero-order chi connectivity index (χ0) is 27.9. The Morgan fingerprint density at radius 2 is 1.87 bits per heavy atom. The van der Waals surface area contributed by atoms with E-state index in [9.17, 15) is 19.2 Å². The van der Waals surface area contributed by atoms with E-state index in [0.29, 0.717) is 31.7 Å². The number of hydrogen-bond acceptors (Lipinski definition) is 5. The fraction of sp³-hybridized carbons (Fsp3) is 0.310. The molecule has 2 amide bonds. The van der Waals surface area contributed by atoms with Gasteiger partial charge in [0.05, 0.1) is 13.2 Å². The van der Waals surface area contributed by atoms with Crippen molar-refractivity contribution in [2.75, 3.05) is 25.1 Å². The minimum Gasteiger partial charge on any atom is -0.370 e. The van der Waals surface area contributed by atoms with Gasteiger partial charge in [0, 0.05) is 32.1 Å². The van der Waals surface area contributed by atoms with Crippen LogP contribution in [0.2, 0.25) is 5.15 Å². The number of rotatable bonds is 7. The largest absolute Gasteiger partial charge is 0.370 e. The number of ether oxygens (including phenoxy) is 1. The molecule has 0 atom stereocenters. The van der Waals surface area contributed by atoms with Crippen molar-refractivity contribution < 1.29 is 14.3 Å². The number of hydrogen-bond donors (Lipinski definition) is 1. The molecular formula is C29H29ClN4O5. The maximum Gasteiger partial charge on any atom is 0.332 e. The van der Waals surface area contributed by atoms with Crippen molar-refractivity contribution in [2.24, 2.45) is 7.05 Å². The van der Waals surface area contributed by atoms with Crippen molar-refractivity contribution in [2.45, 2.75) is 32.9 Å². The first-order valence-electron chi connectivity index (χ1n) is 12.5. The standard InChI is InChI=1S/C29H29ClN4O5/c1-20-8-10-21(11-9-20)12-13-24(35)31-26-27(30)34(29(38)32(2)28(26)37)14-4-7-22-5-3-6-23(17-22)18-33-15-16-39-19-25(33)36/h3,5-6,8-11,17H,12-16,18-19H2,1-2H3,(H,31,35). The highest BCUT2D eigenvalue weighted by Crippen LogP contribution is 2.16. The summed E-state index contributed by atoms with van der Waals surface area (Å²) in [6.45, 7) is 3.48. The molecule has 2 heterocycles. The highest BCUT2D eigenvalue weighted by Gasteiger charge is 2.19. The van der Waals surface area contributed by atoms with Crippen molar-refractivity contribution >= 4 is 29.1 Å². The Morgan fingerprint density at radius 3 is 2.62 bits per heavy atom. The smallest absolute Gasteiger partial charge is 0.332 e. The monoisotopic (exact) mass is 548 g/mol. The van der Waals surface area contributed by atoms with E-state index < -0.39 is 11.2 Å². The van der Waals surface area contributed by atoms with E-state index in [1.54, 1.807) is 4.90 Å². The predicted octanol–water partition coefficient (Wildman–Crippen LogP) is 2.49. The Labute approximate surface area is 231 Å². The van der Waals surface area contributed by atoms with Crippen LogP contribution < -0.4 is 16.6 Å². The number of halogens is 1. The maximum absolute atomic E-state index is 12.7. The van der Waals surface area contributed by atoms with Gasteiger partial charge in [-0.2, -0.15) is 0 Å². The number of anilines is 1. The fourth-order valence-corrected chi connectivity index (χ4v) is 4.37. The lowest BCUT2D eigenvalue weighted by Crippen LogP contribution is -2.40. The molecule has 2 aromatic carbocycles. The molecule has 1 saturated heterocycles. The van der Waals surface area contributed by atoms with E-state index in [-0.39, 0.29) is 42.2 Å². The van der Waals surface area contributed by atoms with Gasteiger partial charge in [0.25, 0.3) is 5.56 Å². The second-order valence-electron chi connectivity index (χ2n) is 9.30. The number of nitrogens with zero attached hydrogens (tertiary/aromatic N) is 3. The molecule has 1 aromatic heterocycles. The minimum atomic E-state index is -0.691. The molecule has 0 unspecified atom stereocenters. The minimum absolute atomic E-state index is 0.0560. The lowest BCUT2D eigenvalue weighted by molar-refractivity contribution is -0.143. The predicted molar refractivity (Wildman–Crippen MR) is 149 cm³/mol. The van der Waals surface area contributed by atoms with Crippen LogP contribution in [-0.4, -0.2) is 45.6 Å². The molecule has 4 rings (SSSR count). The van der Waals surface area contributed by atoms with Crippen LogP contribution in [-0.2, 0) is 40.9 Å². The molecule has 0 spiro atoms. The summed E-state index contributed by atoms with van der Waals surface area (Å²) >= 11 is 6.42. The van der Waals surface area contributed by atoms with Crippen molar-refractivity contribution in [3.05, 3.63) is 96.8 Å². The summed E-state index contributed by atoms with van der Waals surface area (Å²) in [5, 5.41) is 2.39. The number of amides is 2. The highest BCUT2D eigenvalue weighted by atomic mass is 35.5. The van der Waals surface area contributed by atoms with Gasteiger partial charge in [-0.3, -0.25) is 23.5 Å². The third-order valence-corrected chi connectivity index (χ3v) is 6.75. The highest BCUT2D eigenvalue weighted by molar-refractivity contribution is 6.32. The van der Waals surface area contributed by atoms with Gasteiger partial charge < -0.3 is 15.0 Å². The third-order valence-electron chi connectivity index (χ3n) is 6.36. The lowest BCUT2D eigenvalue weighted by Gasteiger charge is -2.26. The summed E-state index contributed by atoms with van der Waals surface area (Å²) in [5.74, 6) is 5.48. The zero-order valence-electron chi connectivity index (χ0n) is 21.8. The van der Waals surface area contributed by atoms with E-state index in [1.807, 2.05) is 55.5 Å². The first kappa shape index (κ1) is 27.9. The Morgan fingerprint density at radius 1 is 1.10 bits per heavy atom. The number of carbonyl (C=O) groups is 2. The number of aryl methyl sites for hydroxylation is 2. The normalized spacial score (nSPS) is 13.1. The Balaban J connectivity index is 1.47. The molecule has 1 fully saturated rings. The second kappa shape index (κ2) is 12.6. The SMILES string of the molecule is Cc1ccc(CCC(=O)Nc2c(Cl)n(CC#Cc3cccc(CN4CCOCC4=O)c3)c(=O)n(C)c2=O)cc1. The molecule has 1 aliphatic rings. The quantitative estimate of drug-likeness (QED) is 0.361.